The van der Waals surface area contributed by atoms with Gasteiger partial charge < -0.3 is 9.88 Å². The lowest BCUT2D eigenvalue weighted by Crippen LogP contribution is -2.44. The topological polar surface area (TPSA) is 37.3 Å². The van der Waals surface area contributed by atoms with E-state index in [0.717, 1.165) is 29.9 Å². The van der Waals surface area contributed by atoms with Crippen LogP contribution in [0.25, 0.3) is 0 Å². The van der Waals surface area contributed by atoms with Crippen LogP contribution in [0, 0.1) is 0 Å². The van der Waals surface area contributed by atoms with Crippen molar-refractivity contribution < 1.29 is 18.0 Å². The number of hydrogen-bond donors (Lipinski definition) is 1. The average Bonchev–Trinajstić information content (AvgIpc) is 3.23. The van der Waals surface area contributed by atoms with Gasteiger partial charge >= 0.3 is 6.18 Å². The first-order chi connectivity index (χ1) is 15.2. The van der Waals surface area contributed by atoms with Crippen LogP contribution >= 0.6 is 23.2 Å². The van der Waals surface area contributed by atoms with E-state index in [-0.39, 0.29) is 25.0 Å². The van der Waals surface area contributed by atoms with Crippen molar-refractivity contribution in [1.82, 2.24) is 14.8 Å². The summed E-state index contributed by atoms with van der Waals surface area (Å²) in [6.07, 6.45) is -2.43. The van der Waals surface area contributed by atoms with Gasteiger partial charge in [0, 0.05) is 31.5 Å². The molecule has 0 saturated carbocycles. The summed E-state index contributed by atoms with van der Waals surface area (Å²) in [6, 6.07) is 14.1. The fraction of sp³-hybridized carbons (Fsp3) is 0.261. The molecule has 1 amide bonds. The normalized spacial score (nSPS) is 16.6. The third-order valence-corrected chi connectivity index (χ3v) is 6.23. The average molecular weight is 482 g/mol. The third-order valence-electron chi connectivity index (χ3n) is 5.49. The monoisotopic (exact) mass is 481 g/mol. The van der Waals surface area contributed by atoms with Gasteiger partial charge in [0.1, 0.15) is 0 Å². The molecule has 0 aliphatic carbocycles. The summed E-state index contributed by atoms with van der Waals surface area (Å²) in [5, 5.41) is 3.62. The fourth-order valence-corrected chi connectivity index (χ4v) is 4.27. The number of fused-ring (bicyclic) bond motifs is 1. The minimum atomic E-state index is -4.42. The number of alkyl halides is 3. The molecule has 1 N–H and O–H groups in total. The van der Waals surface area contributed by atoms with Crippen LogP contribution in [-0.2, 0) is 24.1 Å². The Balaban J connectivity index is 1.49. The molecule has 0 saturated heterocycles. The Morgan fingerprint density at radius 1 is 1.03 bits per heavy atom. The van der Waals surface area contributed by atoms with Crippen LogP contribution in [0.2, 0.25) is 10.0 Å². The molecule has 3 aromatic rings. The van der Waals surface area contributed by atoms with Gasteiger partial charge in [0.25, 0.3) is 0 Å². The quantitative estimate of drug-likeness (QED) is 0.519. The molecule has 1 aromatic heterocycles. The Morgan fingerprint density at radius 2 is 1.84 bits per heavy atom. The van der Waals surface area contributed by atoms with E-state index in [0.29, 0.717) is 22.2 Å². The minimum absolute atomic E-state index is 0.0183. The van der Waals surface area contributed by atoms with Gasteiger partial charge in [-0.15, -0.1) is 0 Å². The zero-order chi connectivity index (χ0) is 22.9. The first-order valence-corrected chi connectivity index (χ1v) is 10.7. The summed E-state index contributed by atoms with van der Waals surface area (Å²) in [5.74, 6) is -0.271. The number of benzene rings is 2. The first-order valence-electron chi connectivity index (χ1n) is 9.99. The van der Waals surface area contributed by atoms with Crippen molar-refractivity contribution in [3.8, 4) is 0 Å². The van der Waals surface area contributed by atoms with Crippen LogP contribution < -0.4 is 5.32 Å². The maximum atomic E-state index is 12.9. The second-order valence-corrected chi connectivity index (χ2v) is 8.46. The Morgan fingerprint density at radius 3 is 2.59 bits per heavy atom. The number of carbonyl (C=O) groups excluding carboxylic acids is 1. The Hall–Kier alpha value is -2.48. The summed E-state index contributed by atoms with van der Waals surface area (Å²) in [5.41, 5.74) is 1.59. The Kier molecular flexibility index (Phi) is 6.51. The van der Waals surface area contributed by atoms with Gasteiger partial charge in [0.2, 0.25) is 5.91 Å². The molecule has 168 valence electrons. The molecule has 0 radical (unpaired) electrons. The highest BCUT2D eigenvalue weighted by atomic mass is 35.5. The van der Waals surface area contributed by atoms with Gasteiger partial charge in [-0.2, -0.15) is 13.2 Å². The van der Waals surface area contributed by atoms with E-state index in [1.807, 2.05) is 29.3 Å². The molecular weight excluding hydrogens is 462 g/mol. The molecule has 9 heteroatoms. The van der Waals surface area contributed by atoms with Gasteiger partial charge in [0.05, 0.1) is 28.2 Å². The van der Waals surface area contributed by atoms with Crippen LogP contribution in [0.1, 0.15) is 28.4 Å². The predicted octanol–water partition coefficient (Wildman–Crippen LogP) is 5.54. The molecule has 32 heavy (non-hydrogen) atoms. The van der Waals surface area contributed by atoms with Crippen LogP contribution in [0.4, 0.5) is 13.2 Å². The van der Waals surface area contributed by atoms with Crippen molar-refractivity contribution in [3.63, 3.8) is 0 Å². The summed E-state index contributed by atoms with van der Waals surface area (Å²) >= 11 is 12.3. The van der Waals surface area contributed by atoms with Crippen molar-refractivity contribution in [2.45, 2.75) is 25.3 Å². The number of aromatic nitrogens is 1. The van der Waals surface area contributed by atoms with Crippen LogP contribution in [-0.4, -0.2) is 28.5 Å². The number of halogens is 5. The predicted molar refractivity (Wildman–Crippen MR) is 118 cm³/mol. The smallest absolute Gasteiger partial charge is 0.351 e. The van der Waals surface area contributed by atoms with Crippen LogP contribution in [0.5, 0.6) is 0 Å². The largest absolute Gasteiger partial charge is 0.416 e. The molecule has 1 aliphatic rings. The fourth-order valence-electron chi connectivity index (χ4n) is 3.96. The lowest BCUT2D eigenvalue weighted by Gasteiger charge is -2.37. The molecule has 1 aliphatic heterocycles. The lowest BCUT2D eigenvalue weighted by molar-refractivity contribution is -0.137. The van der Waals surface area contributed by atoms with E-state index in [2.05, 4.69) is 9.88 Å². The number of rotatable bonds is 5. The van der Waals surface area contributed by atoms with Crippen molar-refractivity contribution >= 4 is 29.1 Å². The van der Waals surface area contributed by atoms with Crippen molar-refractivity contribution in [3.05, 3.63) is 93.2 Å². The number of nitrogens with zero attached hydrogens (tertiary/aromatic N) is 2. The second kappa shape index (κ2) is 9.17. The number of nitrogens with one attached hydrogen (secondary N) is 1. The molecule has 2 aromatic carbocycles. The maximum absolute atomic E-state index is 12.9. The van der Waals surface area contributed by atoms with Crippen molar-refractivity contribution in [1.29, 1.82) is 0 Å². The maximum Gasteiger partial charge on any atom is 0.416 e. The second-order valence-electron chi connectivity index (χ2n) is 7.65. The molecule has 0 bridgehead atoms. The molecule has 0 spiro atoms. The summed E-state index contributed by atoms with van der Waals surface area (Å²) in [6.45, 7) is 1.46. The van der Waals surface area contributed by atoms with E-state index in [4.69, 9.17) is 23.2 Å². The number of amides is 1. The zero-order valence-electron chi connectivity index (χ0n) is 16.9. The number of carbonyl (C=O) groups is 1. The van der Waals surface area contributed by atoms with E-state index in [1.165, 1.54) is 6.07 Å². The minimum Gasteiger partial charge on any atom is -0.351 e. The number of hydrogen-bond acceptors (Lipinski definition) is 2. The SMILES string of the molecule is O=C(CN1CCn2cccc2C1c1ccc(Cl)c(Cl)c1)NCc1cccc(C(F)(F)F)c1. The van der Waals surface area contributed by atoms with E-state index >= 15 is 0 Å². The molecule has 4 nitrogen and oxygen atoms in total. The molecule has 2 heterocycles. The molecule has 1 unspecified atom stereocenters. The van der Waals surface area contributed by atoms with Gasteiger partial charge in [-0.05, 0) is 47.5 Å². The highest BCUT2D eigenvalue weighted by Crippen LogP contribution is 2.35. The molecular formula is C23H20Cl2F3N3O. The van der Waals surface area contributed by atoms with Gasteiger partial charge in [-0.25, -0.2) is 0 Å². The van der Waals surface area contributed by atoms with E-state index in [1.54, 1.807) is 18.2 Å². The van der Waals surface area contributed by atoms with E-state index in [9.17, 15) is 18.0 Å². The van der Waals surface area contributed by atoms with Gasteiger partial charge in [0.15, 0.2) is 0 Å². The Labute approximate surface area is 193 Å². The Bertz CT molecular complexity index is 1130. The van der Waals surface area contributed by atoms with Crippen LogP contribution in [0.15, 0.2) is 60.8 Å². The third kappa shape index (κ3) is 4.95. The van der Waals surface area contributed by atoms with Gasteiger partial charge in [-0.3, -0.25) is 9.69 Å². The van der Waals surface area contributed by atoms with Crippen molar-refractivity contribution in [2.24, 2.45) is 0 Å². The lowest BCUT2D eigenvalue weighted by atomic mass is 10.00. The van der Waals surface area contributed by atoms with E-state index < -0.39 is 11.7 Å². The first kappa shape index (κ1) is 22.7. The molecule has 0 fully saturated rings. The summed E-state index contributed by atoms with van der Waals surface area (Å²) < 4.78 is 40.9. The summed E-state index contributed by atoms with van der Waals surface area (Å²) in [4.78, 5) is 14.7. The standard InChI is InChI=1S/C23H20Cl2F3N3O/c24-18-7-6-16(12-19(18)25)22-20-5-2-8-30(20)9-10-31(22)14-21(32)29-13-15-3-1-4-17(11-15)23(26,27)28/h1-8,11-12,22H,9-10,13-14H2,(H,29,32). The highest BCUT2D eigenvalue weighted by molar-refractivity contribution is 6.42. The van der Waals surface area contributed by atoms with Gasteiger partial charge in [-0.1, -0.05) is 41.4 Å². The highest BCUT2D eigenvalue weighted by Gasteiger charge is 2.31. The molecule has 1 atom stereocenters. The zero-order valence-corrected chi connectivity index (χ0v) is 18.4. The van der Waals surface area contributed by atoms with Crippen molar-refractivity contribution in [2.75, 3.05) is 13.1 Å². The van der Waals surface area contributed by atoms with Crippen LogP contribution in [0.3, 0.4) is 0 Å². The molecule has 4 rings (SSSR count). The summed E-state index contributed by atoms with van der Waals surface area (Å²) in [7, 11) is 0.